The molecule has 0 aliphatic carbocycles. The second-order valence-corrected chi connectivity index (χ2v) is 4.04. The van der Waals surface area contributed by atoms with Crippen molar-refractivity contribution in [2.75, 3.05) is 13.1 Å². The van der Waals surface area contributed by atoms with Gasteiger partial charge in [0.05, 0.1) is 0 Å². The van der Waals surface area contributed by atoms with E-state index in [0.717, 1.165) is 12.8 Å². The summed E-state index contributed by atoms with van der Waals surface area (Å²) in [5.41, 5.74) is 0. The number of carbonyl (C=O) groups excluding carboxylic acids is 1. The van der Waals surface area contributed by atoms with Gasteiger partial charge >= 0.3 is 0 Å². The standard InChI is InChI=1S/C14H25NO/c1-4-7-8-9-10-11-14(16)15(12-5-2)13-6-3/h5-6H,2-4,7-13H2,1H3. The monoisotopic (exact) mass is 223 g/mol. The van der Waals surface area contributed by atoms with Crippen LogP contribution in [-0.4, -0.2) is 23.9 Å². The molecule has 0 fully saturated rings. The van der Waals surface area contributed by atoms with E-state index in [1.165, 1.54) is 19.3 Å². The number of nitrogens with zero attached hydrogens (tertiary/aromatic N) is 1. The molecule has 0 unspecified atom stereocenters. The van der Waals surface area contributed by atoms with E-state index in [-0.39, 0.29) is 5.91 Å². The van der Waals surface area contributed by atoms with Crippen LogP contribution in [0, 0.1) is 0 Å². The molecule has 2 heteroatoms. The molecule has 0 heterocycles. The minimum Gasteiger partial charge on any atom is -0.335 e. The van der Waals surface area contributed by atoms with E-state index >= 15 is 0 Å². The normalized spacial score (nSPS) is 9.81. The lowest BCUT2D eigenvalue weighted by Gasteiger charge is -2.19. The van der Waals surface area contributed by atoms with Gasteiger partial charge < -0.3 is 4.90 Å². The zero-order valence-corrected chi connectivity index (χ0v) is 10.6. The lowest BCUT2D eigenvalue weighted by Crippen LogP contribution is -2.30. The molecule has 0 spiro atoms. The summed E-state index contributed by atoms with van der Waals surface area (Å²) in [4.78, 5) is 13.6. The molecule has 0 saturated heterocycles. The van der Waals surface area contributed by atoms with Gasteiger partial charge in [0.25, 0.3) is 0 Å². The van der Waals surface area contributed by atoms with E-state index in [9.17, 15) is 4.79 Å². The Morgan fingerprint density at radius 3 is 2.12 bits per heavy atom. The molecule has 0 atom stereocenters. The predicted octanol–water partition coefficient (Wildman–Crippen LogP) is 3.55. The molecule has 92 valence electrons. The first-order valence-electron chi connectivity index (χ1n) is 6.25. The van der Waals surface area contributed by atoms with Crippen LogP contribution in [0.2, 0.25) is 0 Å². The summed E-state index contributed by atoms with van der Waals surface area (Å²) in [7, 11) is 0. The molecule has 0 N–H and O–H groups in total. The van der Waals surface area contributed by atoms with Gasteiger partial charge in [0.15, 0.2) is 0 Å². The Bertz CT molecular complexity index is 201. The fourth-order valence-corrected chi connectivity index (χ4v) is 1.63. The van der Waals surface area contributed by atoms with Crippen LogP contribution in [-0.2, 0) is 4.79 Å². The van der Waals surface area contributed by atoms with Gasteiger partial charge in [-0.05, 0) is 6.42 Å². The number of unbranched alkanes of at least 4 members (excludes halogenated alkanes) is 4. The number of rotatable bonds is 10. The fraction of sp³-hybridized carbons (Fsp3) is 0.643. The topological polar surface area (TPSA) is 20.3 Å². The summed E-state index contributed by atoms with van der Waals surface area (Å²) >= 11 is 0. The lowest BCUT2D eigenvalue weighted by atomic mass is 10.1. The number of amides is 1. The van der Waals surface area contributed by atoms with Gasteiger partial charge in [-0.15, -0.1) is 13.2 Å². The van der Waals surface area contributed by atoms with Crippen molar-refractivity contribution in [2.24, 2.45) is 0 Å². The van der Waals surface area contributed by atoms with Crippen molar-refractivity contribution in [3.05, 3.63) is 25.3 Å². The highest BCUT2D eigenvalue weighted by Crippen LogP contribution is 2.07. The van der Waals surface area contributed by atoms with Crippen LogP contribution in [0.5, 0.6) is 0 Å². The Labute approximate surface area is 100 Å². The summed E-state index contributed by atoms with van der Waals surface area (Å²) in [5.74, 6) is 0.219. The zero-order valence-electron chi connectivity index (χ0n) is 10.6. The van der Waals surface area contributed by atoms with Crippen LogP contribution in [0.15, 0.2) is 25.3 Å². The molecule has 16 heavy (non-hydrogen) atoms. The van der Waals surface area contributed by atoms with Crippen molar-refractivity contribution < 1.29 is 4.79 Å². The van der Waals surface area contributed by atoms with Crippen molar-refractivity contribution in [3.63, 3.8) is 0 Å². The first kappa shape index (κ1) is 14.9. The van der Waals surface area contributed by atoms with Crippen molar-refractivity contribution in [1.29, 1.82) is 0 Å². The van der Waals surface area contributed by atoms with Crippen LogP contribution >= 0.6 is 0 Å². The van der Waals surface area contributed by atoms with Crippen LogP contribution in [0.4, 0.5) is 0 Å². The van der Waals surface area contributed by atoms with E-state index < -0.39 is 0 Å². The maximum Gasteiger partial charge on any atom is 0.223 e. The van der Waals surface area contributed by atoms with Gasteiger partial charge in [-0.25, -0.2) is 0 Å². The smallest absolute Gasteiger partial charge is 0.223 e. The quantitative estimate of drug-likeness (QED) is 0.410. The highest BCUT2D eigenvalue weighted by molar-refractivity contribution is 5.76. The highest BCUT2D eigenvalue weighted by atomic mass is 16.2. The van der Waals surface area contributed by atoms with Gasteiger partial charge in [0, 0.05) is 19.5 Å². The average molecular weight is 223 g/mol. The Balaban J connectivity index is 3.73. The summed E-state index contributed by atoms with van der Waals surface area (Å²) in [6.07, 6.45) is 10.1. The molecule has 0 aliphatic heterocycles. The molecular weight excluding hydrogens is 198 g/mol. The summed E-state index contributed by atoms with van der Waals surface area (Å²) in [6.45, 7) is 10.8. The maximum absolute atomic E-state index is 11.8. The zero-order chi connectivity index (χ0) is 12.2. The number of hydrogen-bond acceptors (Lipinski definition) is 1. The van der Waals surface area contributed by atoms with E-state index in [4.69, 9.17) is 0 Å². The molecule has 0 aromatic carbocycles. The van der Waals surface area contributed by atoms with Gasteiger partial charge in [0.2, 0.25) is 5.91 Å². The summed E-state index contributed by atoms with van der Waals surface area (Å²) in [6, 6.07) is 0. The van der Waals surface area contributed by atoms with Crippen LogP contribution in [0.1, 0.15) is 45.4 Å². The Hall–Kier alpha value is -1.05. The van der Waals surface area contributed by atoms with Crippen LogP contribution < -0.4 is 0 Å². The largest absolute Gasteiger partial charge is 0.335 e. The number of hydrogen-bond donors (Lipinski definition) is 0. The van der Waals surface area contributed by atoms with Crippen molar-refractivity contribution in [3.8, 4) is 0 Å². The van der Waals surface area contributed by atoms with E-state index in [1.54, 1.807) is 17.1 Å². The lowest BCUT2D eigenvalue weighted by molar-refractivity contribution is -0.130. The third-order valence-electron chi connectivity index (χ3n) is 2.55. The Morgan fingerprint density at radius 1 is 1.06 bits per heavy atom. The van der Waals surface area contributed by atoms with Gasteiger partial charge in [-0.3, -0.25) is 4.79 Å². The second-order valence-electron chi connectivity index (χ2n) is 4.04. The molecule has 2 nitrogen and oxygen atoms in total. The van der Waals surface area contributed by atoms with Gasteiger partial charge in [-0.2, -0.15) is 0 Å². The van der Waals surface area contributed by atoms with Gasteiger partial charge in [-0.1, -0.05) is 44.8 Å². The first-order chi connectivity index (χ1) is 7.76. The van der Waals surface area contributed by atoms with E-state index in [2.05, 4.69) is 20.1 Å². The molecule has 0 radical (unpaired) electrons. The highest BCUT2D eigenvalue weighted by Gasteiger charge is 2.09. The summed E-state index contributed by atoms with van der Waals surface area (Å²) in [5, 5.41) is 0. The maximum atomic E-state index is 11.8. The molecule has 1 amide bonds. The predicted molar refractivity (Wildman–Crippen MR) is 70.4 cm³/mol. The first-order valence-corrected chi connectivity index (χ1v) is 6.25. The fourth-order valence-electron chi connectivity index (χ4n) is 1.63. The number of carbonyl (C=O) groups is 1. The second kappa shape index (κ2) is 10.5. The van der Waals surface area contributed by atoms with E-state index in [1.807, 2.05) is 0 Å². The molecule has 0 rings (SSSR count). The Morgan fingerprint density at radius 2 is 1.62 bits per heavy atom. The molecule has 0 aromatic heterocycles. The molecule has 0 saturated carbocycles. The molecule has 0 aromatic rings. The minimum absolute atomic E-state index is 0.219. The van der Waals surface area contributed by atoms with Crippen molar-refractivity contribution in [2.45, 2.75) is 45.4 Å². The minimum atomic E-state index is 0.219. The van der Waals surface area contributed by atoms with Crippen LogP contribution in [0.3, 0.4) is 0 Å². The SMILES string of the molecule is C=CCN(CC=C)C(=O)CCCCCCC. The Kier molecular flexibility index (Phi) is 9.78. The third kappa shape index (κ3) is 7.27. The van der Waals surface area contributed by atoms with Gasteiger partial charge in [0.1, 0.15) is 0 Å². The van der Waals surface area contributed by atoms with Crippen LogP contribution in [0.25, 0.3) is 0 Å². The van der Waals surface area contributed by atoms with Crippen molar-refractivity contribution in [1.82, 2.24) is 4.90 Å². The van der Waals surface area contributed by atoms with Crippen molar-refractivity contribution >= 4 is 5.91 Å². The third-order valence-corrected chi connectivity index (χ3v) is 2.55. The molecule has 0 bridgehead atoms. The average Bonchev–Trinajstić information content (AvgIpc) is 2.28. The molecular formula is C14H25NO. The summed E-state index contributed by atoms with van der Waals surface area (Å²) < 4.78 is 0. The molecule has 0 aliphatic rings. The van der Waals surface area contributed by atoms with E-state index in [0.29, 0.717) is 19.5 Å².